The Hall–Kier alpha value is -1.92. The van der Waals surface area contributed by atoms with Gasteiger partial charge in [-0.1, -0.05) is 6.07 Å². The highest BCUT2D eigenvalue weighted by Crippen LogP contribution is 2.69. The number of benzene rings is 1. The van der Waals surface area contributed by atoms with E-state index in [1.165, 1.54) is 13.2 Å². The van der Waals surface area contributed by atoms with Crippen LogP contribution in [-0.4, -0.2) is 36.0 Å². The fourth-order valence-corrected chi connectivity index (χ4v) is 4.95. The summed E-state index contributed by atoms with van der Waals surface area (Å²) in [5.41, 5.74) is -0.603. The van der Waals surface area contributed by atoms with Crippen LogP contribution < -0.4 is 10.1 Å². The first-order valence-corrected chi connectivity index (χ1v) is 9.07. The Balaban J connectivity index is 1.48. The number of amides is 2. The summed E-state index contributed by atoms with van der Waals surface area (Å²) < 4.78 is 46.9. The standard InChI is InChI=1S/C19H23F3N2O2/c1-11(16-14(20)4-3-5-15(16)26-2)23-17(25)24-12-6-7-13(24)9-18(8-12)10-19(18,21)22/h3-5,11-13H,6-10H2,1-2H3,(H,23,25). The molecule has 1 saturated carbocycles. The third kappa shape index (κ3) is 2.55. The minimum absolute atomic E-state index is 0.0503. The number of hydrogen-bond donors (Lipinski definition) is 1. The van der Waals surface area contributed by atoms with Crippen LogP contribution in [0.15, 0.2) is 18.2 Å². The number of carbonyl (C=O) groups is 1. The number of nitrogens with zero attached hydrogens (tertiary/aromatic N) is 1. The van der Waals surface area contributed by atoms with Crippen molar-refractivity contribution in [3.05, 3.63) is 29.6 Å². The Kier molecular flexibility index (Phi) is 3.90. The predicted molar refractivity (Wildman–Crippen MR) is 89.8 cm³/mol. The number of urea groups is 1. The molecule has 1 spiro atoms. The topological polar surface area (TPSA) is 41.6 Å². The summed E-state index contributed by atoms with van der Waals surface area (Å²) in [6.07, 6.45) is 2.19. The van der Waals surface area contributed by atoms with Gasteiger partial charge in [-0.15, -0.1) is 0 Å². The lowest BCUT2D eigenvalue weighted by Gasteiger charge is -2.39. The van der Waals surface area contributed by atoms with Crippen LogP contribution >= 0.6 is 0 Å². The molecule has 4 nitrogen and oxygen atoms in total. The molecule has 3 fully saturated rings. The minimum Gasteiger partial charge on any atom is -0.496 e. The number of ether oxygens (including phenoxy) is 1. The maximum Gasteiger partial charge on any atom is 0.318 e. The molecule has 3 atom stereocenters. The SMILES string of the molecule is COc1cccc(F)c1C(C)NC(=O)N1C2CCC1CC1(C2)CC1(F)F. The highest BCUT2D eigenvalue weighted by molar-refractivity contribution is 5.76. The van der Waals surface area contributed by atoms with Crippen LogP contribution in [0.25, 0.3) is 0 Å². The van der Waals surface area contributed by atoms with E-state index < -0.39 is 23.2 Å². The van der Waals surface area contributed by atoms with Gasteiger partial charge in [0.2, 0.25) is 0 Å². The van der Waals surface area contributed by atoms with Crippen LogP contribution in [0.4, 0.5) is 18.0 Å². The molecule has 2 heterocycles. The van der Waals surface area contributed by atoms with E-state index in [0.717, 1.165) is 12.8 Å². The highest BCUT2D eigenvalue weighted by Gasteiger charge is 2.74. The molecule has 1 aliphatic carbocycles. The molecule has 0 aromatic heterocycles. The maximum absolute atomic E-state index is 14.2. The molecule has 4 rings (SSSR count). The Morgan fingerprint density at radius 2 is 1.92 bits per heavy atom. The van der Waals surface area contributed by atoms with E-state index in [0.29, 0.717) is 18.6 Å². The van der Waals surface area contributed by atoms with Gasteiger partial charge in [0.05, 0.1) is 18.7 Å². The molecule has 2 aliphatic heterocycles. The lowest BCUT2D eigenvalue weighted by atomic mass is 9.87. The molecule has 3 unspecified atom stereocenters. The monoisotopic (exact) mass is 368 g/mol. The zero-order valence-corrected chi connectivity index (χ0v) is 14.9. The van der Waals surface area contributed by atoms with Gasteiger partial charge < -0.3 is 15.0 Å². The van der Waals surface area contributed by atoms with E-state index in [4.69, 9.17) is 4.74 Å². The number of nitrogens with one attached hydrogen (secondary N) is 1. The van der Waals surface area contributed by atoms with Crippen molar-refractivity contribution in [1.29, 1.82) is 0 Å². The molecule has 1 aromatic carbocycles. The van der Waals surface area contributed by atoms with Gasteiger partial charge in [-0.2, -0.15) is 0 Å². The van der Waals surface area contributed by atoms with Gasteiger partial charge in [0.15, 0.2) is 0 Å². The summed E-state index contributed by atoms with van der Waals surface area (Å²) in [5.74, 6) is -2.66. The molecule has 7 heteroatoms. The lowest BCUT2D eigenvalue weighted by Crippen LogP contribution is -2.52. The van der Waals surface area contributed by atoms with Gasteiger partial charge in [-0.25, -0.2) is 18.0 Å². The lowest BCUT2D eigenvalue weighted by molar-refractivity contribution is 0.0166. The Morgan fingerprint density at radius 1 is 1.31 bits per heavy atom. The minimum atomic E-state index is -2.58. The third-order valence-corrected chi connectivity index (χ3v) is 6.32. The van der Waals surface area contributed by atoms with Crippen molar-refractivity contribution in [2.45, 2.75) is 63.1 Å². The second-order valence-electron chi connectivity index (χ2n) is 7.89. The fourth-order valence-electron chi connectivity index (χ4n) is 4.95. The van der Waals surface area contributed by atoms with Crippen LogP contribution in [0.1, 0.15) is 50.6 Å². The molecule has 0 radical (unpaired) electrons. The van der Waals surface area contributed by atoms with E-state index in [1.807, 2.05) is 0 Å². The third-order valence-electron chi connectivity index (χ3n) is 6.32. The first-order chi connectivity index (χ1) is 12.3. The van der Waals surface area contributed by atoms with Crippen molar-refractivity contribution >= 4 is 6.03 Å². The normalized spacial score (nSPS) is 32.4. The number of piperidine rings is 1. The quantitative estimate of drug-likeness (QED) is 0.866. The van der Waals surface area contributed by atoms with E-state index in [9.17, 15) is 18.0 Å². The van der Waals surface area contributed by atoms with Crippen LogP contribution in [0.3, 0.4) is 0 Å². The second-order valence-corrected chi connectivity index (χ2v) is 7.89. The Morgan fingerprint density at radius 3 is 2.46 bits per heavy atom. The second kappa shape index (κ2) is 5.79. The molecule has 1 N–H and O–H groups in total. The van der Waals surface area contributed by atoms with E-state index in [1.54, 1.807) is 24.0 Å². The molecule has 2 amide bonds. The van der Waals surface area contributed by atoms with E-state index in [-0.39, 0.29) is 30.1 Å². The average Bonchev–Trinajstić information content (AvgIpc) is 2.96. The maximum atomic E-state index is 14.2. The van der Waals surface area contributed by atoms with Gasteiger partial charge in [0.1, 0.15) is 11.6 Å². The summed E-state index contributed by atoms with van der Waals surface area (Å²) in [5, 5.41) is 2.83. The zero-order chi connectivity index (χ0) is 18.7. The summed E-state index contributed by atoms with van der Waals surface area (Å²) in [6.45, 7) is 1.70. The molecule has 1 aromatic rings. The van der Waals surface area contributed by atoms with E-state index >= 15 is 0 Å². The fraction of sp³-hybridized carbons (Fsp3) is 0.632. The summed E-state index contributed by atoms with van der Waals surface area (Å²) in [4.78, 5) is 14.5. The summed E-state index contributed by atoms with van der Waals surface area (Å²) in [7, 11) is 1.45. The summed E-state index contributed by atoms with van der Waals surface area (Å²) >= 11 is 0. The number of rotatable bonds is 3. The van der Waals surface area contributed by atoms with Gasteiger partial charge >= 0.3 is 6.03 Å². The smallest absolute Gasteiger partial charge is 0.318 e. The first kappa shape index (κ1) is 17.5. The summed E-state index contributed by atoms with van der Waals surface area (Å²) in [6, 6.07) is 3.31. The van der Waals surface area contributed by atoms with Gasteiger partial charge in [0, 0.05) is 23.9 Å². The average molecular weight is 368 g/mol. The van der Waals surface area contributed by atoms with Crippen molar-refractivity contribution in [3.63, 3.8) is 0 Å². The number of hydrogen-bond acceptors (Lipinski definition) is 2. The van der Waals surface area contributed by atoms with Crippen molar-refractivity contribution in [1.82, 2.24) is 10.2 Å². The molecular formula is C19H23F3N2O2. The van der Waals surface area contributed by atoms with Crippen LogP contribution in [0.2, 0.25) is 0 Å². The van der Waals surface area contributed by atoms with Crippen molar-refractivity contribution in [2.75, 3.05) is 7.11 Å². The molecule has 2 bridgehead atoms. The van der Waals surface area contributed by atoms with Crippen LogP contribution in [0.5, 0.6) is 5.75 Å². The van der Waals surface area contributed by atoms with Gasteiger partial charge in [-0.05, 0) is 44.7 Å². The zero-order valence-electron chi connectivity index (χ0n) is 14.9. The predicted octanol–water partition coefficient (Wildman–Crippen LogP) is 4.26. The van der Waals surface area contributed by atoms with E-state index in [2.05, 4.69) is 5.32 Å². The Bertz CT molecular complexity index is 725. The van der Waals surface area contributed by atoms with Crippen LogP contribution in [0, 0.1) is 11.2 Å². The van der Waals surface area contributed by atoms with Crippen molar-refractivity contribution in [3.8, 4) is 5.75 Å². The number of alkyl halides is 2. The number of fused-ring (bicyclic) bond motifs is 2. The number of carbonyl (C=O) groups excluding carboxylic acids is 1. The molecule has 26 heavy (non-hydrogen) atoms. The van der Waals surface area contributed by atoms with Crippen molar-refractivity contribution < 1.29 is 22.7 Å². The molecular weight excluding hydrogens is 345 g/mol. The molecule has 3 aliphatic rings. The number of halogens is 3. The molecule has 2 saturated heterocycles. The molecule has 142 valence electrons. The largest absolute Gasteiger partial charge is 0.496 e. The number of methoxy groups -OCH3 is 1. The van der Waals surface area contributed by atoms with Crippen molar-refractivity contribution in [2.24, 2.45) is 5.41 Å². The Labute approximate surface area is 150 Å². The first-order valence-electron chi connectivity index (χ1n) is 9.07. The van der Waals surface area contributed by atoms with Gasteiger partial charge in [0.25, 0.3) is 5.92 Å². The highest BCUT2D eigenvalue weighted by atomic mass is 19.3. The van der Waals surface area contributed by atoms with Crippen LogP contribution in [-0.2, 0) is 0 Å². The van der Waals surface area contributed by atoms with Gasteiger partial charge in [-0.3, -0.25) is 0 Å².